The van der Waals surface area contributed by atoms with Gasteiger partial charge in [0.05, 0.1) is 0 Å². The number of nitrogens with zero attached hydrogens (tertiary/aromatic N) is 4. The first-order chi connectivity index (χ1) is 8.43. The Hall–Kier alpha value is -2.30. The van der Waals surface area contributed by atoms with E-state index in [4.69, 9.17) is 0 Å². The van der Waals surface area contributed by atoms with Crippen molar-refractivity contribution in [2.24, 2.45) is 0 Å². The molecule has 0 atom stereocenters. The second-order valence-electron chi connectivity index (χ2n) is 3.65. The highest BCUT2D eigenvalue weighted by Gasteiger charge is 2.19. The maximum absolute atomic E-state index is 4.06. The number of anilines is 2. The fourth-order valence-electron chi connectivity index (χ4n) is 1.67. The van der Waals surface area contributed by atoms with Crippen molar-refractivity contribution in [3.8, 4) is 0 Å². The van der Waals surface area contributed by atoms with Crippen molar-refractivity contribution >= 4 is 19.1 Å². The van der Waals surface area contributed by atoms with Crippen LogP contribution in [0.4, 0.5) is 11.5 Å². The molecule has 81 valence electrons. The average Bonchev–Trinajstić information content (AvgIpc) is 2.90. The van der Waals surface area contributed by atoms with Crippen molar-refractivity contribution in [3.05, 3.63) is 61.1 Å². The van der Waals surface area contributed by atoms with Crippen molar-refractivity contribution in [2.45, 2.75) is 0 Å². The van der Waals surface area contributed by atoms with Crippen LogP contribution in [0.15, 0.2) is 61.1 Å². The average molecular weight is 221 g/mol. The summed E-state index contributed by atoms with van der Waals surface area (Å²) in [4.78, 5) is 3.97. The number of benzene rings is 1. The van der Waals surface area contributed by atoms with E-state index in [1.807, 2.05) is 59.9 Å². The van der Waals surface area contributed by atoms with Gasteiger partial charge < -0.3 is 9.62 Å². The van der Waals surface area contributed by atoms with Crippen LogP contribution in [0.1, 0.15) is 0 Å². The number of hydrogen-bond donors (Lipinski definition) is 0. The summed E-state index contributed by atoms with van der Waals surface area (Å²) in [6.07, 6.45) is 5.61. The summed E-state index contributed by atoms with van der Waals surface area (Å²) in [5.41, 5.74) is 1.12. The molecule has 1 aliphatic rings. The molecule has 1 aliphatic heterocycles. The first kappa shape index (κ1) is 9.90. The standard InChI is InChI=1S/C12H10BN4/c1-2-5-11(6-3-1)16-9-10-17(13-16)12-7-4-8-14-15-12/h1-10H. The normalized spacial score (nSPS) is 13.9. The molecule has 1 radical (unpaired) electrons. The summed E-state index contributed by atoms with van der Waals surface area (Å²) in [6, 6.07) is 13.9. The van der Waals surface area contributed by atoms with Crippen LogP contribution in [0.5, 0.6) is 0 Å². The molecule has 0 aliphatic carbocycles. The monoisotopic (exact) mass is 221 g/mol. The fraction of sp³-hybridized carbons (Fsp3) is 0. The van der Waals surface area contributed by atoms with Gasteiger partial charge in [0, 0.05) is 24.3 Å². The van der Waals surface area contributed by atoms with Gasteiger partial charge in [-0.25, -0.2) is 0 Å². The van der Waals surface area contributed by atoms with Gasteiger partial charge in [0.15, 0.2) is 0 Å². The lowest BCUT2D eigenvalue weighted by Gasteiger charge is -2.17. The molecule has 0 fully saturated rings. The Morgan fingerprint density at radius 3 is 2.47 bits per heavy atom. The molecule has 0 saturated heterocycles. The van der Waals surface area contributed by atoms with Gasteiger partial charge in [-0.3, -0.25) is 0 Å². The Bertz CT molecular complexity index is 467. The molecule has 17 heavy (non-hydrogen) atoms. The second-order valence-corrected chi connectivity index (χ2v) is 3.65. The highest BCUT2D eigenvalue weighted by Crippen LogP contribution is 2.20. The third kappa shape index (κ3) is 1.99. The molecule has 0 bridgehead atoms. The zero-order valence-electron chi connectivity index (χ0n) is 9.14. The van der Waals surface area contributed by atoms with Gasteiger partial charge in [0.2, 0.25) is 0 Å². The highest BCUT2D eigenvalue weighted by atomic mass is 15.3. The van der Waals surface area contributed by atoms with Gasteiger partial charge in [-0.15, -0.1) is 5.10 Å². The third-order valence-corrected chi connectivity index (χ3v) is 2.51. The zero-order valence-corrected chi connectivity index (χ0v) is 9.14. The Morgan fingerprint density at radius 2 is 1.71 bits per heavy atom. The summed E-state index contributed by atoms with van der Waals surface area (Å²) in [7, 11) is 1.97. The summed E-state index contributed by atoms with van der Waals surface area (Å²) in [6.45, 7) is 0. The summed E-state index contributed by atoms with van der Waals surface area (Å²) < 4.78 is 0. The number of para-hydroxylation sites is 1. The Kier molecular flexibility index (Phi) is 2.50. The molecule has 0 unspecified atom stereocenters. The molecule has 0 N–H and O–H groups in total. The van der Waals surface area contributed by atoms with Gasteiger partial charge in [-0.05, 0) is 24.3 Å². The van der Waals surface area contributed by atoms with Gasteiger partial charge >= 0.3 is 7.55 Å². The number of aromatic nitrogens is 2. The SMILES string of the molecule is [B]1N(c2ccccc2)C=CN1c1cccnn1. The molecule has 0 spiro atoms. The molecule has 3 rings (SSSR count). The smallest absolute Gasteiger partial charge is 0.374 e. The van der Waals surface area contributed by atoms with E-state index in [-0.39, 0.29) is 0 Å². The van der Waals surface area contributed by atoms with Crippen molar-refractivity contribution in [1.29, 1.82) is 0 Å². The van der Waals surface area contributed by atoms with Crippen LogP contribution in [0.3, 0.4) is 0 Å². The molecule has 5 heteroatoms. The van der Waals surface area contributed by atoms with E-state index in [0.717, 1.165) is 11.5 Å². The van der Waals surface area contributed by atoms with Crippen LogP contribution in [-0.2, 0) is 0 Å². The van der Waals surface area contributed by atoms with Crippen molar-refractivity contribution < 1.29 is 0 Å². The molecule has 1 aromatic heterocycles. The Morgan fingerprint density at radius 1 is 0.882 bits per heavy atom. The molecular weight excluding hydrogens is 211 g/mol. The lowest BCUT2D eigenvalue weighted by Crippen LogP contribution is -2.29. The van der Waals surface area contributed by atoms with E-state index in [9.17, 15) is 0 Å². The van der Waals surface area contributed by atoms with E-state index in [1.54, 1.807) is 6.20 Å². The van der Waals surface area contributed by atoms with Crippen LogP contribution in [-0.4, -0.2) is 17.7 Å². The largest absolute Gasteiger partial charge is 0.401 e. The molecule has 0 saturated carbocycles. The zero-order chi connectivity index (χ0) is 11.5. The third-order valence-electron chi connectivity index (χ3n) is 2.51. The van der Waals surface area contributed by atoms with Crippen molar-refractivity contribution in [3.63, 3.8) is 0 Å². The maximum Gasteiger partial charge on any atom is 0.401 e. The predicted octanol–water partition coefficient (Wildman–Crippen LogP) is 1.81. The fourth-order valence-corrected chi connectivity index (χ4v) is 1.67. The van der Waals surface area contributed by atoms with E-state index in [0.29, 0.717) is 0 Å². The predicted molar refractivity (Wildman–Crippen MR) is 68.3 cm³/mol. The van der Waals surface area contributed by atoms with Crippen LogP contribution in [0.2, 0.25) is 0 Å². The Balaban J connectivity index is 1.78. The summed E-state index contributed by atoms with van der Waals surface area (Å²) in [5, 5.41) is 7.92. The van der Waals surface area contributed by atoms with Crippen LogP contribution < -0.4 is 9.62 Å². The second kappa shape index (κ2) is 4.29. The van der Waals surface area contributed by atoms with Gasteiger partial charge in [-0.1, -0.05) is 18.2 Å². The first-order valence-electron chi connectivity index (χ1n) is 5.36. The first-order valence-corrected chi connectivity index (χ1v) is 5.36. The molecule has 0 amide bonds. The van der Waals surface area contributed by atoms with Gasteiger partial charge in [0.25, 0.3) is 0 Å². The molecule has 1 aromatic carbocycles. The lowest BCUT2D eigenvalue weighted by molar-refractivity contribution is 1.02. The topological polar surface area (TPSA) is 32.3 Å². The van der Waals surface area contributed by atoms with Crippen LogP contribution in [0.25, 0.3) is 0 Å². The van der Waals surface area contributed by atoms with E-state index in [2.05, 4.69) is 22.3 Å². The number of hydrogen-bond acceptors (Lipinski definition) is 4. The quantitative estimate of drug-likeness (QED) is 0.724. The molecule has 2 heterocycles. The maximum atomic E-state index is 4.06. The number of rotatable bonds is 2. The molecule has 4 nitrogen and oxygen atoms in total. The van der Waals surface area contributed by atoms with Crippen LogP contribution in [0, 0.1) is 0 Å². The van der Waals surface area contributed by atoms with E-state index < -0.39 is 0 Å². The summed E-state index contributed by atoms with van der Waals surface area (Å²) in [5.74, 6) is 0.808. The van der Waals surface area contributed by atoms with Crippen molar-refractivity contribution in [2.75, 3.05) is 9.62 Å². The van der Waals surface area contributed by atoms with E-state index in [1.165, 1.54) is 0 Å². The molecule has 2 aromatic rings. The Labute approximate surface area is 100 Å². The minimum Gasteiger partial charge on any atom is -0.374 e. The minimum absolute atomic E-state index is 0.808. The minimum atomic E-state index is 0.808. The van der Waals surface area contributed by atoms with Gasteiger partial charge in [-0.2, -0.15) is 5.10 Å². The van der Waals surface area contributed by atoms with E-state index >= 15 is 0 Å². The summed E-state index contributed by atoms with van der Waals surface area (Å²) >= 11 is 0. The van der Waals surface area contributed by atoms with Crippen LogP contribution >= 0.6 is 0 Å². The van der Waals surface area contributed by atoms with Crippen molar-refractivity contribution in [1.82, 2.24) is 10.2 Å². The highest BCUT2D eigenvalue weighted by molar-refractivity contribution is 6.49. The lowest BCUT2D eigenvalue weighted by atomic mass is 10.1. The van der Waals surface area contributed by atoms with Gasteiger partial charge in [0.1, 0.15) is 5.82 Å². The molecular formula is C12H10BN4.